The van der Waals surface area contributed by atoms with Crippen molar-refractivity contribution in [3.05, 3.63) is 29.3 Å². The number of benzene rings is 1. The van der Waals surface area contributed by atoms with Crippen LogP contribution in [0.1, 0.15) is 11.1 Å². The third-order valence-electron chi connectivity index (χ3n) is 1.51. The van der Waals surface area contributed by atoms with Gasteiger partial charge >= 0.3 is 0 Å². The Labute approximate surface area is 60.5 Å². The van der Waals surface area contributed by atoms with Crippen LogP contribution in [0, 0.1) is 13.8 Å². The highest BCUT2D eigenvalue weighted by Crippen LogP contribution is 2.14. The molecule has 0 saturated carbocycles. The minimum Gasteiger partial charge on any atom is -0.291 e. The second-order valence-electron chi connectivity index (χ2n) is 2.43. The van der Waals surface area contributed by atoms with Crippen molar-refractivity contribution in [2.75, 3.05) is 5.48 Å². The van der Waals surface area contributed by atoms with Crippen molar-refractivity contribution < 1.29 is 5.21 Å². The van der Waals surface area contributed by atoms with Crippen LogP contribution in [-0.2, 0) is 0 Å². The van der Waals surface area contributed by atoms with Gasteiger partial charge in [0, 0.05) is 0 Å². The first-order chi connectivity index (χ1) is 4.74. The Bertz CT molecular complexity index is 233. The Morgan fingerprint density at radius 3 is 2.50 bits per heavy atom. The largest absolute Gasteiger partial charge is 0.291 e. The first-order valence-electron chi connectivity index (χ1n) is 3.21. The van der Waals surface area contributed by atoms with Crippen LogP contribution < -0.4 is 5.48 Å². The zero-order valence-corrected chi connectivity index (χ0v) is 6.18. The predicted molar refractivity (Wildman–Crippen MR) is 41.3 cm³/mol. The Hall–Kier alpha value is -1.02. The highest BCUT2D eigenvalue weighted by Gasteiger charge is 1.93. The van der Waals surface area contributed by atoms with Crippen LogP contribution in [0.3, 0.4) is 0 Å². The molecule has 0 radical (unpaired) electrons. The monoisotopic (exact) mass is 137 g/mol. The van der Waals surface area contributed by atoms with E-state index < -0.39 is 0 Å². The molecular weight excluding hydrogens is 126 g/mol. The molecule has 0 atom stereocenters. The fraction of sp³-hybridized carbons (Fsp3) is 0.250. The van der Waals surface area contributed by atoms with E-state index in [1.165, 1.54) is 0 Å². The normalized spacial score (nSPS) is 9.50. The molecule has 10 heavy (non-hydrogen) atoms. The number of hydrogen-bond donors (Lipinski definition) is 2. The van der Waals surface area contributed by atoms with Crippen molar-refractivity contribution in [1.82, 2.24) is 0 Å². The molecule has 0 bridgehead atoms. The summed E-state index contributed by atoms with van der Waals surface area (Å²) in [7, 11) is 0. The first-order valence-corrected chi connectivity index (χ1v) is 3.21. The first kappa shape index (κ1) is 7.09. The molecule has 1 aromatic carbocycles. The van der Waals surface area contributed by atoms with Crippen LogP contribution in [0.2, 0.25) is 0 Å². The molecular formula is C8H11NO. The molecule has 0 aliphatic carbocycles. The van der Waals surface area contributed by atoms with Gasteiger partial charge in [-0.1, -0.05) is 12.1 Å². The summed E-state index contributed by atoms with van der Waals surface area (Å²) in [6.45, 7) is 3.93. The minimum absolute atomic E-state index is 0.778. The number of rotatable bonds is 1. The lowest BCUT2D eigenvalue weighted by Gasteiger charge is -2.03. The lowest BCUT2D eigenvalue weighted by molar-refractivity contribution is 0.388. The molecule has 0 amide bonds. The van der Waals surface area contributed by atoms with Crippen molar-refractivity contribution >= 4 is 5.69 Å². The molecule has 54 valence electrons. The molecule has 2 heteroatoms. The Morgan fingerprint density at radius 1 is 1.30 bits per heavy atom. The van der Waals surface area contributed by atoms with Crippen molar-refractivity contribution in [1.29, 1.82) is 0 Å². The molecule has 0 aromatic heterocycles. The van der Waals surface area contributed by atoms with Gasteiger partial charge in [-0.25, -0.2) is 0 Å². The van der Waals surface area contributed by atoms with Crippen molar-refractivity contribution in [3.63, 3.8) is 0 Å². The fourth-order valence-corrected chi connectivity index (χ4v) is 0.856. The summed E-state index contributed by atoms with van der Waals surface area (Å²) in [5.41, 5.74) is 5.10. The van der Waals surface area contributed by atoms with E-state index in [4.69, 9.17) is 5.21 Å². The van der Waals surface area contributed by atoms with Crippen LogP contribution >= 0.6 is 0 Å². The van der Waals surface area contributed by atoms with Gasteiger partial charge in [0.15, 0.2) is 0 Å². The summed E-state index contributed by atoms with van der Waals surface area (Å²) in [5.74, 6) is 0. The molecule has 2 nitrogen and oxygen atoms in total. The Balaban J connectivity index is 3.09. The lowest BCUT2D eigenvalue weighted by Crippen LogP contribution is -1.92. The van der Waals surface area contributed by atoms with Crippen LogP contribution in [0.5, 0.6) is 0 Å². The molecule has 2 N–H and O–H groups in total. The van der Waals surface area contributed by atoms with Gasteiger partial charge in [0.2, 0.25) is 0 Å². The van der Waals surface area contributed by atoms with Crippen LogP contribution in [0.4, 0.5) is 5.69 Å². The fourth-order valence-electron chi connectivity index (χ4n) is 0.856. The highest BCUT2D eigenvalue weighted by atomic mass is 16.5. The van der Waals surface area contributed by atoms with E-state index in [-0.39, 0.29) is 0 Å². The number of aryl methyl sites for hydroxylation is 2. The molecule has 0 aliphatic rings. The van der Waals surface area contributed by atoms with Gasteiger partial charge in [-0.15, -0.1) is 0 Å². The molecule has 0 unspecified atom stereocenters. The van der Waals surface area contributed by atoms with Gasteiger partial charge in [0.1, 0.15) is 0 Å². The van der Waals surface area contributed by atoms with Gasteiger partial charge < -0.3 is 0 Å². The summed E-state index contributed by atoms with van der Waals surface area (Å²) in [4.78, 5) is 0. The summed E-state index contributed by atoms with van der Waals surface area (Å²) >= 11 is 0. The van der Waals surface area contributed by atoms with Crippen LogP contribution in [0.25, 0.3) is 0 Å². The molecule has 0 saturated heterocycles. The van der Waals surface area contributed by atoms with E-state index in [9.17, 15) is 0 Å². The molecule has 0 aliphatic heterocycles. The maximum atomic E-state index is 8.59. The maximum Gasteiger partial charge on any atom is 0.0633 e. The van der Waals surface area contributed by atoms with Crippen molar-refractivity contribution in [2.24, 2.45) is 0 Å². The summed E-state index contributed by atoms with van der Waals surface area (Å²) < 4.78 is 0. The smallest absolute Gasteiger partial charge is 0.0633 e. The molecule has 1 rings (SSSR count). The van der Waals surface area contributed by atoms with Gasteiger partial charge in [0.05, 0.1) is 5.69 Å². The third kappa shape index (κ3) is 1.28. The Kier molecular flexibility index (Phi) is 1.92. The van der Waals surface area contributed by atoms with Gasteiger partial charge in [-0.3, -0.25) is 10.7 Å². The van der Waals surface area contributed by atoms with Gasteiger partial charge in [-0.2, -0.15) is 0 Å². The van der Waals surface area contributed by atoms with Gasteiger partial charge in [-0.05, 0) is 31.0 Å². The SMILES string of the molecule is Cc1ccc(C)c(NO)c1. The highest BCUT2D eigenvalue weighted by molar-refractivity contribution is 5.50. The summed E-state index contributed by atoms with van der Waals surface area (Å²) in [6, 6.07) is 5.87. The van der Waals surface area contributed by atoms with E-state index in [1.54, 1.807) is 0 Å². The average Bonchev–Trinajstić information content (AvgIpc) is 1.94. The van der Waals surface area contributed by atoms with Crippen molar-refractivity contribution in [3.8, 4) is 0 Å². The quantitative estimate of drug-likeness (QED) is 0.581. The Morgan fingerprint density at radius 2 is 2.00 bits per heavy atom. The summed E-state index contributed by atoms with van der Waals surface area (Å²) in [5, 5.41) is 8.59. The van der Waals surface area contributed by atoms with E-state index in [0.717, 1.165) is 16.8 Å². The topological polar surface area (TPSA) is 32.3 Å². The van der Waals surface area contributed by atoms with E-state index >= 15 is 0 Å². The minimum atomic E-state index is 0.778. The summed E-state index contributed by atoms with van der Waals surface area (Å²) in [6.07, 6.45) is 0. The second-order valence-corrected chi connectivity index (χ2v) is 2.43. The van der Waals surface area contributed by atoms with E-state index in [2.05, 4.69) is 5.48 Å². The van der Waals surface area contributed by atoms with Gasteiger partial charge in [0.25, 0.3) is 0 Å². The molecule has 0 heterocycles. The maximum absolute atomic E-state index is 8.59. The van der Waals surface area contributed by atoms with Crippen LogP contribution in [-0.4, -0.2) is 5.21 Å². The molecule has 1 aromatic rings. The predicted octanol–water partition coefficient (Wildman–Crippen LogP) is 2.10. The zero-order chi connectivity index (χ0) is 7.56. The second kappa shape index (κ2) is 2.71. The van der Waals surface area contributed by atoms with E-state index in [0.29, 0.717) is 0 Å². The molecule has 0 spiro atoms. The molecule has 0 fully saturated rings. The third-order valence-corrected chi connectivity index (χ3v) is 1.51. The number of nitrogens with one attached hydrogen (secondary N) is 1. The van der Waals surface area contributed by atoms with Crippen molar-refractivity contribution in [2.45, 2.75) is 13.8 Å². The standard InChI is InChI=1S/C8H11NO/c1-6-3-4-7(2)8(5-6)9-10/h3-5,9-10H,1-2H3. The lowest BCUT2D eigenvalue weighted by atomic mass is 10.1. The zero-order valence-electron chi connectivity index (χ0n) is 6.18. The van der Waals surface area contributed by atoms with Crippen LogP contribution in [0.15, 0.2) is 18.2 Å². The average molecular weight is 137 g/mol. The number of hydrogen-bond acceptors (Lipinski definition) is 2. The number of anilines is 1. The van der Waals surface area contributed by atoms with E-state index in [1.807, 2.05) is 32.0 Å².